The highest BCUT2D eigenvalue weighted by Crippen LogP contribution is 2.20. The maximum absolute atomic E-state index is 11.9. The SMILES string of the molecule is CC(CCNC(=O)[C@@H]1CC[C@H](C(=O)O)O1)c1ccccc1. The molecule has 21 heavy (non-hydrogen) atoms. The van der Waals surface area contributed by atoms with Gasteiger partial charge < -0.3 is 15.2 Å². The molecule has 1 heterocycles. The summed E-state index contributed by atoms with van der Waals surface area (Å²) in [6.07, 6.45) is 0.234. The summed E-state index contributed by atoms with van der Waals surface area (Å²) in [4.78, 5) is 22.7. The van der Waals surface area contributed by atoms with Gasteiger partial charge in [0.05, 0.1) is 0 Å². The third-order valence-electron chi connectivity index (χ3n) is 3.83. The maximum atomic E-state index is 11.9. The summed E-state index contributed by atoms with van der Waals surface area (Å²) < 4.78 is 5.22. The van der Waals surface area contributed by atoms with Crippen LogP contribution < -0.4 is 5.32 Å². The van der Waals surface area contributed by atoms with Crippen LogP contribution in [0.1, 0.15) is 37.7 Å². The lowest BCUT2D eigenvalue weighted by atomic mass is 9.98. The van der Waals surface area contributed by atoms with Gasteiger partial charge in [0, 0.05) is 6.54 Å². The van der Waals surface area contributed by atoms with Crippen LogP contribution in [0, 0.1) is 0 Å². The lowest BCUT2D eigenvalue weighted by Crippen LogP contribution is -2.36. The van der Waals surface area contributed by atoms with Crippen LogP contribution >= 0.6 is 0 Å². The molecule has 1 aliphatic heterocycles. The Hall–Kier alpha value is -1.88. The Labute approximate surface area is 124 Å². The van der Waals surface area contributed by atoms with Crippen LogP contribution in [0.4, 0.5) is 0 Å². The maximum Gasteiger partial charge on any atom is 0.332 e. The molecule has 1 aromatic carbocycles. The molecule has 0 aromatic heterocycles. The van der Waals surface area contributed by atoms with Crippen molar-refractivity contribution in [2.45, 2.75) is 44.3 Å². The van der Waals surface area contributed by atoms with Crippen LogP contribution in [0.25, 0.3) is 0 Å². The van der Waals surface area contributed by atoms with Crippen molar-refractivity contribution >= 4 is 11.9 Å². The normalized spacial score (nSPS) is 22.7. The van der Waals surface area contributed by atoms with Crippen LogP contribution in [0.15, 0.2) is 30.3 Å². The van der Waals surface area contributed by atoms with Gasteiger partial charge in [-0.15, -0.1) is 0 Å². The second kappa shape index (κ2) is 7.22. The van der Waals surface area contributed by atoms with Gasteiger partial charge in [0.25, 0.3) is 0 Å². The topological polar surface area (TPSA) is 75.6 Å². The molecule has 5 nitrogen and oxygen atoms in total. The molecule has 1 saturated heterocycles. The van der Waals surface area contributed by atoms with Gasteiger partial charge >= 0.3 is 5.97 Å². The molecule has 5 heteroatoms. The average Bonchev–Trinajstić information content (AvgIpc) is 2.98. The lowest BCUT2D eigenvalue weighted by molar-refractivity contribution is -0.151. The van der Waals surface area contributed by atoms with E-state index in [1.54, 1.807) is 0 Å². The molecule has 0 aliphatic carbocycles. The Morgan fingerprint density at radius 2 is 1.95 bits per heavy atom. The second-order valence-corrected chi connectivity index (χ2v) is 5.42. The van der Waals surface area contributed by atoms with Crippen molar-refractivity contribution in [1.29, 1.82) is 0 Å². The molecular formula is C16H21NO4. The van der Waals surface area contributed by atoms with Crippen molar-refractivity contribution in [3.8, 4) is 0 Å². The molecule has 1 aliphatic rings. The molecule has 0 spiro atoms. The molecule has 3 atom stereocenters. The first-order valence-corrected chi connectivity index (χ1v) is 7.29. The molecule has 1 unspecified atom stereocenters. The van der Waals surface area contributed by atoms with Crippen LogP contribution in [0.5, 0.6) is 0 Å². The van der Waals surface area contributed by atoms with E-state index >= 15 is 0 Å². The molecule has 0 radical (unpaired) electrons. The number of nitrogens with one attached hydrogen (secondary N) is 1. The highest BCUT2D eigenvalue weighted by Gasteiger charge is 2.34. The van der Waals surface area contributed by atoms with E-state index in [4.69, 9.17) is 9.84 Å². The summed E-state index contributed by atoms with van der Waals surface area (Å²) in [6, 6.07) is 10.1. The van der Waals surface area contributed by atoms with Gasteiger partial charge in [0.1, 0.15) is 6.10 Å². The molecular weight excluding hydrogens is 270 g/mol. The van der Waals surface area contributed by atoms with E-state index in [1.807, 2.05) is 18.2 Å². The lowest BCUT2D eigenvalue weighted by Gasteiger charge is -2.14. The zero-order chi connectivity index (χ0) is 15.2. The summed E-state index contributed by atoms with van der Waals surface area (Å²) in [5.74, 6) is -0.843. The summed E-state index contributed by atoms with van der Waals surface area (Å²) in [6.45, 7) is 2.68. The second-order valence-electron chi connectivity index (χ2n) is 5.42. The van der Waals surface area contributed by atoms with E-state index in [0.717, 1.165) is 6.42 Å². The minimum absolute atomic E-state index is 0.209. The van der Waals surface area contributed by atoms with Crippen LogP contribution in [0.3, 0.4) is 0 Å². The number of rotatable bonds is 6. The molecule has 2 rings (SSSR count). The van der Waals surface area contributed by atoms with Gasteiger partial charge in [0.2, 0.25) is 5.91 Å². The minimum Gasteiger partial charge on any atom is -0.479 e. The van der Waals surface area contributed by atoms with Crippen molar-refractivity contribution < 1.29 is 19.4 Å². The van der Waals surface area contributed by atoms with Gasteiger partial charge in [-0.2, -0.15) is 0 Å². The summed E-state index contributed by atoms with van der Waals surface area (Å²) in [5.41, 5.74) is 1.25. The molecule has 2 N–H and O–H groups in total. The Kier molecular flexibility index (Phi) is 5.33. The average molecular weight is 291 g/mol. The van der Waals surface area contributed by atoms with E-state index in [0.29, 0.717) is 25.3 Å². The highest BCUT2D eigenvalue weighted by atomic mass is 16.5. The first-order chi connectivity index (χ1) is 10.1. The van der Waals surface area contributed by atoms with Crippen LogP contribution in [0.2, 0.25) is 0 Å². The standard InChI is InChI=1S/C16H21NO4/c1-11(12-5-3-2-4-6-12)9-10-17-15(18)13-7-8-14(21-13)16(19)20/h2-6,11,13-14H,7-10H2,1H3,(H,17,18)(H,19,20)/t11?,13-,14+/m0/s1. The van der Waals surface area contributed by atoms with Crippen molar-refractivity contribution in [2.75, 3.05) is 6.54 Å². The van der Waals surface area contributed by atoms with E-state index in [-0.39, 0.29) is 5.91 Å². The van der Waals surface area contributed by atoms with Gasteiger partial charge in [-0.25, -0.2) is 4.79 Å². The zero-order valence-electron chi connectivity index (χ0n) is 12.1. The van der Waals surface area contributed by atoms with Gasteiger partial charge in [-0.1, -0.05) is 37.3 Å². The number of hydrogen-bond acceptors (Lipinski definition) is 3. The number of ether oxygens (including phenoxy) is 1. The Morgan fingerprint density at radius 3 is 2.57 bits per heavy atom. The van der Waals surface area contributed by atoms with Gasteiger partial charge in [-0.05, 0) is 30.7 Å². The number of carboxylic acid groups (broad SMARTS) is 1. The molecule has 1 fully saturated rings. The van der Waals surface area contributed by atoms with Crippen LogP contribution in [-0.4, -0.2) is 35.7 Å². The zero-order valence-corrected chi connectivity index (χ0v) is 12.1. The number of carbonyl (C=O) groups is 2. The van der Waals surface area contributed by atoms with E-state index in [1.165, 1.54) is 5.56 Å². The van der Waals surface area contributed by atoms with Gasteiger partial charge in [-0.3, -0.25) is 4.79 Å². The Balaban J connectivity index is 1.71. The Bertz CT molecular complexity index is 488. The first kappa shape index (κ1) is 15.5. The van der Waals surface area contributed by atoms with Crippen molar-refractivity contribution in [1.82, 2.24) is 5.32 Å². The largest absolute Gasteiger partial charge is 0.479 e. The fraction of sp³-hybridized carbons (Fsp3) is 0.500. The van der Waals surface area contributed by atoms with Crippen LogP contribution in [-0.2, 0) is 14.3 Å². The third kappa shape index (κ3) is 4.29. The van der Waals surface area contributed by atoms with E-state index in [9.17, 15) is 9.59 Å². The predicted octanol–water partition coefficient (Wildman–Crippen LogP) is 1.93. The molecule has 114 valence electrons. The molecule has 0 saturated carbocycles. The number of hydrogen-bond donors (Lipinski definition) is 2. The number of aliphatic carboxylic acids is 1. The van der Waals surface area contributed by atoms with Crippen molar-refractivity contribution in [2.24, 2.45) is 0 Å². The number of benzene rings is 1. The minimum atomic E-state index is -0.997. The highest BCUT2D eigenvalue weighted by molar-refractivity contribution is 5.82. The van der Waals surface area contributed by atoms with Crippen molar-refractivity contribution in [3.63, 3.8) is 0 Å². The summed E-state index contributed by atoms with van der Waals surface area (Å²) >= 11 is 0. The smallest absolute Gasteiger partial charge is 0.332 e. The molecule has 1 amide bonds. The van der Waals surface area contributed by atoms with Gasteiger partial charge in [0.15, 0.2) is 6.10 Å². The summed E-state index contributed by atoms with van der Waals surface area (Å²) in [7, 11) is 0. The predicted molar refractivity (Wildman–Crippen MR) is 78.0 cm³/mol. The number of carboxylic acids is 1. The molecule has 1 aromatic rings. The summed E-state index contributed by atoms with van der Waals surface area (Å²) in [5, 5.41) is 11.7. The fourth-order valence-corrected chi connectivity index (χ4v) is 2.49. The number of amides is 1. The fourth-order valence-electron chi connectivity index (χ4n) is 2.49. The van der Waals surface area contributed by atoms with E-state index in [2.05, 4.69) is 24.4 Å². The van der Waals surface area contributed by atoms with Crippen molar-refractivity contribution in [3.05, 3.63) is 35.9 Å². The monoisotopic (exact) mass is 291 g/mol. The first-order valence-electron chi connectivity index (χ1n) is 7.29. The molecule has 0 bridgehead atoms. The quantitative estimate of drug-likeness (QED) is 0.839. The third-order valence-corrected chi connectivity index (χ3v) is 3.83. The Morgan fingerprint density at radius 1 is 1.29 bits per heavy atom. The number of carbonyl (C=O) groups excluding carboxylic acids is 1. The van der Waals surface area contributed by atoms with E-state index < -0.39 is 18.2 Å².